The van der Waals surface area contributed by atoms with Crippen LogP contribution in [0.5, 0.6) is 0 Å². The van der Waals surface area contributed by atoms with Crippen molar-refractivity contribution in [1.29, 1.82) is 0 Å². The number of carboxylic acids is 2. The van der Waals surface area contributed by atoms with E-state index < -0.39 is 17.9 Å². The maximum Gasteiger partial charge on any atom is 1.00 e. The molecule has 0 aromatic heterocycles. The summed E-state index contributed by atoms with van der Waals surface area (Å²) in [6.07, 6.45) is 0. The molecular formula is C9H6K2O4. The van der Waals surface area contributed by atoms with E-state index >= 15 is 0 Å². The van der Waals surface area contributed by atoms with Gasteiger partial charge in [-0.3, -0.25) is 0 Å². The van der Waals surface area contributed by atoms with Gasteiger partial charge in [-0.05, 0) is 5.56 Å². The van der Waals surface area contributed by atoms with Gasteiger partial charge in [-0.25, -0.2) is 0 Å². The molecule has 0 bridgehead atoms. The zero-order valence-corrected chi connectivity index (χ0v) is 14.8. The Labute approximate surface area is 172 Å². The molecule has 0 atom stereocenters. The van der Waals surface area contributed by atoms with Crippen molar-refractivity contribution in [2.24, 2.45) is 0 Å². The molecule has 0 aliphatic carbocycles. The summed E-state index contributed by atoms with van der Waals surface area (Å²) < 4.78 is 0. The summed E-state index contributed by atoms with van der Waals surface area (Å²) in [5.41, 5.74) is 0.155. The summed E-state index contributed by atoms with van der Waals surface area (Å²) in [6.45, 7) is 0. The number of hydrogen-bond acceptors (Lipinski definition) is 4. The minimum atomic E-state index is -1.69. The number of aliphatic carboxylic acids is 2. The zero-order chi connectivity index (χ0) is 9.84. The van der Waals surface area contributed by atoms with Gasteiger partial charge in [-0.1, -0.05) is 30.3 Å². The van der Waals surface area contributed by atoms with Gasteiger partial charge < -0.3 is 19.8 Å². The van der Waals surface area contributed by atoms with E-state index in [1.54, 1.807) is 18.2 Å². The molecule has 4 nitrogen and oxygen atoms in total. The van der Waals surface area contributed by atoms with Crippen molar-refractivity contribution in [3.8, 4) is 0 Å². The van der Waals surface area contributed by atoms with Crippen LogP contribution in [0.4, 0.5) is 0 Å². The van der Waals surface area contributed by atoms with Crippen molar-refractivity contribution in [3.63, 3.8) is 0 Å². The summed E-state index contributed by atoms with van der Waals surface area (Å²) in [6, 6.07) is 7.56. The Morgan fingerprint density at radius 2 is 1.33 bits per heavy atom. The van der Waals surface area contributed by atoms with E-state index in [2.05, 4.69) is 0 Å². The molecule has 0 radical (unpaired) electrons. The minimum Gasteiger partial charge on any atom is -0.549 e. The quantitative estimate of drug-likeness (QED) is 0.397. The van der Waals surface area contributed by atoms with E-state index in [-0.39, 0.29) is 108 Å². The second-order valence-electron chi connectivity index (χ2n) is 2.48. The molecule has 1 aromatic carbocycles. The van der Waals surface area contributed by atoms with Gasteiger partial charge in [0.1, 0.15) is 0 Å². The van der Waals surface area contributed by atoms with Crippen LogP contribution < -0.4 is 113 Å². The molecule has 0 aliphatic rings. The average molecular weight is 256 g/mol. The predicted octanol–water partition coefficient (Wildman–Crippen LogP) is -7.72. The molecule has 0 aliphatic heterocycles. The van der Waals surface area contributed by atoms with E-state index in [9.17, 15) is 19.8 Å². The smallest absolute Gasteiger partial charge is 0.549 e. The second-order valence-corrected chi connectivity index (χ2v) is 2.48. The molecule has 0 saturated carbocycles. The van der Waals surface area contributed by atoms with Gasteiger partial charge in [0.2, 0.25) is 0 Å². The Balaban J connectivity index is 0. The Morgan fingerprint density at radius 3 is 1.67 bits per heavy atom. The average Bonchev–Trinajstić information content (AvgIpc) is 2.04. The third-order valence-corrected chi connectivity index (χ3v) is 1.60. The third kappa shape index (κ3) is 6.06. The van der Waals surface area contributed by atoms with Gasteiger partial charge in [-0.15, -0.1) is 0 Å². The minimum absolute atomic E-state index is 0. The number of benzene rings is 1. The molecule has 15 heavy (non-hydrogen) atoms. The molecule has 0 spiro atoms. The Morgan fingerprint density at radius 1 is 0.933 bits per heavy atom. The molecule has 1 rings (SSSR count). The van der Waals surface area contributed by atoms with Gasteiger partial charge in [0.25, 0.3) is 0 Å². The van der Waals surface area contributed by atoms with Gasteiger partial charge in [-0.2, -0.15) is 0 Å². The normalized spacial score (nSPS) is 8.60. The van der Waals surface area contributed by atoms with Crippen LogP contribution in [0.2, 0.25) is 0 Å². The van der Waals surface area contributed by atoms with E-state index in [0.29, 0.717) is 0 Å². The first-order valence-electron chi connectivity index (χ1n) is 3.59. The number of carbonyl (C=O) groups is 2. The fourth-order valence-corrected chi connectivity index (χ4v) is 1.01. The molecule has 6 heteroatoms. The third-order valence-electron chi connectivity index (χ3n) is 1.60. The van der Waals surface area contributed by atoms with Crippen molar-refractivity contribution in [3.05, 3.63) is 35.9 Å². The van der Waals surface area contributed by atoms with Crippen LogP contribution >= 0.6 is 0 Å². The molecule has 1 aromatic rings. The summed E-state index contributed by atoms with van der Waals surface area (Å²) in [7, 11) is 0. The monoisotopic (exact) mass is 256 g/mol. The maximum atomic E-state index is 10.4. The van der Waals surface area contributed by atoms with Crippen molar-refractivity contribution in [1.82, 2.24) is 0 Å². The van der Waals surface area contributed by atoms with E-state index in [1.165, 1.54) is 12.1 Å². The topological polar surface area (TPSA) is 80.3 Å². The molecule has 68 valence electrons. The predicted molar refractivity (Wildman–Crippen MR) is 39.2 cm³/mol. The van der Waals surface area contributed by atoms with Crippen LogP contribution in [0.25, 0.3) is 0 Å². The number of carboxylic acid groups (broad SMARTS) is 2. The first-order chi connectivity index (χ1) is 6.13. The number of carbonyl (C=O) groups excluding carboxylic acids is 2. The SMILES string of the molecule is O=C([O-])C(C(=O)[O-])c1ccccc1.[K+].[K+]. The van der Waals surface area contributed by atoms with E-state index in [4.69, 9.17) is 0 Å². The largest absolute Gasteiger partial charge is 1.00 e. The van der Waals surface area contributed by atoms with E-state index in [0.717, 1.165) is 0 Å². The molecule has 0 heterocycles. The van der Waals surface area contributed by atoms with Crippen molar-refractivity contribution in [2.45, 2.75) is 5.92 Å². The van der Waals surface area contributed by atoms with Gasteiger partial charge >= 0.3 is 103 Å². The summed E-state index contributed by atoms with van der Waals surface area (Å²) in [5, 5.41) is 20.8. The zero-order valence-electron chi connectivity index (χ0n) is 8.60. The summed E-state index contributed by atoms with van der Waals surface area (Å²) in [5.74, 6) is -5.02. The maximum absolute atomic E-state index is 10.4. The fraction of sp³-hybridized carbons (Fsp3) is 0.111. The first kappa shape index (κ1) is 18.8. The number of rotatable bonds is 3. The number of hydrogen-bond donors (Lipinski definition) is 0. The van der Waals surface area contributed by atoms with Crippen LogP contribution in [0, 0.1) is 0 Å². The second kappa shape index (κ2) is 9.46. The molecule has 0 N–H and O–H groups in total. The van der Waals surface area contributed by atoms with Crippen LogP contribution in [-0.2, 0) is 9.59 Å². The van der Waals surface area contributed by atoms with Gasteiger partial charge in [0, 0.05) is 0 Å². The van der Waals surface area contributed by atoms with E-state index in [1.807, 2.05) is 0 Å². The Kier molecular flexibility index (Phi) is 11.9. The molecule has 0 unspecified atom stereocenters. The fourth-order valence-electron chi connectivity index (χ4n) is 1.01. The molecule has 0 fully saturated rings. The summed E-state index contributed by atoms with van der Waals surface area (Å²) >= 11 is 0. The Hall–Kier alpha value is 1.43. The Bertz CT molecular complexity index is 312. The first-order valence-corrected chi connectivity index (χ1v) is 3.59. The van der Waals surface area contributed by atoms with Gasteiger partial charge in [0.05, 0.1) is 17.9 Å². The van der Waals surface area contributed by atoms with Crippen LogP contribution in [0.3, 0.4) is 0 Å². The molecule has 0 saturated heterocycles. The van der Waals surface area contributed by atoms with Crippen molar-refractivity contribution >= 4 is 11.9 Å². The standard InChI is InChI=1S/C9H8O4.2K/c10-8(11)7(9(12)13)6-4-2-1-3-5-6;;/h1-5,7H,(H,10,11)(H,12,13);;/q;2*+1/p-2. The van der Waals surface area contributed by atoms with Gasteiger partial charge in [0.15, 0.2) is 0 Å². The van der Waals surface area contributed by atoms with Crippen molar-refractivity contribution in [2.75, 3.05) is 0 Å². The molecule has 0 amide bonds. The van der Waals surface area contributed by atoms with Crippen molar-refractivity contribution < 1.29 is 123 Å². The summed E-state index contributed by atoms with van der Waals surface area (Å²) in [4.78, 5) is 20.8. The van der Waals surface area contributed by atoms with Crippen LogP contribution in [0.1, 0.15) is 11.5 Å². The van der Waals surface area contributed by atoms with Crippen LogP contribution in [-0.4, -0.2) is 11.9 Å². The molecular weight excluding hydrogens is 250 g/mol. The van der Waals surface area contributed by atoms with Crippen LogP contribution in [0.15, 0.2) is 30.3 Å².